The van der Waals surface area contributed by atoms with E-state index < -0.39 is 17.9 Å². The van der Waals surface area contributed by atoms with Crippen LogP contribution in [0.1, 0.15) is 35.2 Å². The molecule has 0 aliphatic carbocycles. The standard InChI is InChI=1S/C41H35BrFN3O5S/c1-4-6-17-32(5-2)46-40(49)33(22-30-23-35(50-3)36(24-34(30)42)51-25-27-18-20-31(43)21-19-27)39(48)45-41(46)52-26-37(47)44-38(28-13-9-7-10-14-28)29-15-11-8-12-16-29/h4-24,38H,1,25-26H2,2-3H3,(H,44,47)/b17-6-,32-5+,33-22+. The number of hydrogen-bond acceptors (Lipinski definition) is 6. The van der Waals surface area contributed by atoms with E-state index in [1.807, 2.05) is 60.7 Å². The molecule has 0 radical (unpaired) electrons. The van der Waals surface area contributed by atoms with Crippen molar-refractivity contribution in [2.75, 3.05) is 12.9 Å². The maximum atomic E-state index is 14.2. The highest BCUT2D eigenvalue weighted by Crippen LogP contribution is 2.36. The molecule has 0 bridgehead atoms. The van der Waals surface area contributed by atoms with Crippen molar-refractivity contribution in [3.05, 3.63) is 172 Å². The molecule has 3 amide bonds. The molecule has 0 saturated heterocycles. The number of nitrogens with one attached hydrogen (secondary N) is 1. The number of aliphatic imine (C=N–C) groups is 1. The van der Waals surface area contributed by atoms with Crippen molar-refractivity contribution >= 4 is 56.7 Å². The molecule has 0 saturated carbocycles. The van der Waals surface area contributed by atoms with Gasteiger partial charge in [-0.05, 0) is 65.6 Å². The van der Waals surface area contributed by atoms with Gasteiger partial charge in [0.1, 0.15) is 18.0 Å². The van der Waals surface area contributed by atoms with Gasteiger partial charge >= 0.3 is 0 Å². The minimum atomic E-state index is -0.763. The number of amides is 3. The molecule has 8 nitrogen and oxygen atoms in total. The van der Waals surface area contributed by atoms with E-state index in [1.165, 1.54) is 30.2 Å². The molecular formula is C41H35BrFN3O5S. The van der Waals surface area contributed by atoms with Crippen LogP contribution in [0.15, 0.2) is 149 Å². The first-order chi connectivity index (χ1) is 25.2. The van der Waals surface area contributed by atoms with Gasteiger partial charge in [-0.25, -0.2) is 4.39 Å². The van der Waals surface area contributed by atoms with Crippen LogP contribution in [0.25, 0.3) is 6.08 Å². The van der Waals surface area contributed by atoms with Crippen LogP contribution in [0.3, 0.4) is 0 Å². The number of carbonyl (C=O) groups excluding carboxylic acids is 3. The third kappa shape index (κ3) is 9.42. The minimum absolute atomic E-state index is 0.0567. The van der Waals surface area contributed by atoms with Crippen LogP contribution < -0.4 is 14.8 Å². The Morgan fingerprint density at radius 1 is 1.00 bits per heavy atom. The maximum absolute atomic E-state index is 14.2. The lowest BCUT2D eigenvalue weighted by molar-refractivity contribution is -0.126. The number of halogens is 2. The Morgan fingerprint density at radius 3 is 2.25 bits per heavy atom. The van der Waals surface area contributed by atoms with E-state index in [0.717, 1.165) is 28.5 Å². The van der Waals surface area contributed by atoms with Gasteiger partial charge in [-0.2, -0.15) is 4.99 Å². The van der Waals surface area contributed by atoms with Crippen LogP contribution >= 0.6 is 27.7 Å². The van der Waals surface area contributed by atoms with E-state index >= 15 is 0 Å². The molecule has 52 heavy (non-hydrogen) atoms. The number of nitrogens with zero attached hydrogens (tertiary/aromatic N) is 2. The second-order valence-electron chi connectivity index (χ2n) is 11.3. The summed E-state index contributed by atoms with van der Waals surface area (Å²) < 4.78 is 25.4. The summed E-state index contributed by atoms with van der Waals surface area (Å²) in [7, 11) is 1.47. The summed E-state index contributed by atoms with van der Waals surface area (Å²) in [6, 6.07) is 28.0. The fraction of sp³-hybridized carbons (Fsp3) is 0.122. The third-order valence-corrected chi connectivity index (χ3v) is 9.43. The number of thioether (sulfide) groups is 1. The lowest BCUT2D eigenvalue weighted by Crippen LogP contribution is -2.42. The Bertz CT molecular complexity index is 2030. The van der Waals surface area contributed by atoms with E-state index in [2.05, 4.69) is 32.8 Å². The highest BCUT2D eigenvalue weighted by molar-refractivity contribution is 9.10. The number of carbonyl (C=O) groups is 3. The fourth-order valence-electron chi connectivity index (χ4n) is 5.22. The van der Waals surface area contributed by atoms with Gasteiger partial charge in [-0.3, -0.25) is 19.3 Å². The summed E-state index contributed by atoms with van der Waals surface area (Å²) in [5, 5.41) is 3.15. The van der Waals surface area contributed by atoms with Gasteiger partial charge in [0.15, 0.2) is 16.7 Å². The smallest absolute Gasteiger partial charge is 0.285 e. The molecule has 1 aliphatic rings. The van der Waals surface area contributed by atoms with Gasteiger partial charge in [0.25, 0.3) is 11.8 Å². The zero-order valence-electron chi connectivity index (χ0n) is 28.4. The fourth-order valence-corrected chi connectivity index (χ4v) is 6.47. The number of allylic oxidation sites excluding steroid dienone is 4. The summed E-state index contributed by atoms with van der Waals surface area (Å²) in [5.41, 5.74) is 3.27. The Kier molecular flexibility index (Phi) is 13.1. The van der Waals surface area contributed by atoms with Crippen molar-refractivity contribution < 1.29 is 28.2 Å². The summed E-state index contributed by atoms with van der Waals surface area (Å²) in [6.07, 6.45) is 8.03. The average Bonchev–Trinajstić information content (AvgIpc) is 3.16. The lowest BCUT2D eigenvalue weighted by Gasteiger charge is -2.28. The van der Waals surface area contributed by atoms with E-state index in [9.17, 15) is 18.8 Å². The van der Waals surface area contributed by atoms with E-state index in [0.29, 0.717) is 27.2 Å². The first-order valence-electron chi connectivity index (χ1n) is 16.1. The van der Waals surface area contributed by atoms with Gasteiger partial charge < -0.3 is 14.8 Å². The molecule has 264 valence electrons. The molecule has 0 unspecified atom stereocenters. The average molecular weight is 781 g/mol. The Labute approximate surface area is 314 Å². The summed E-state index contributed by atoms with van der Waals surface area (Å²) in [4.78, 5) is 46.7. The van der Waals surface area contributed by atoms with Crippen molar-refractivity contribution in [2.24, 2.45) is 4.99 Å². The number of rotatable bonds is 13. The van der Waals surface area contributed by atoms with Gasteiger partial charge in [0.05, 0.1) is 18.9 Å². The van der Waals surface area contributed by atoms with Crippen LogP contribution in [0.4, 0.5) is 4.39 Å². The van der Waals surface area contributed by atoms with E-state index in [4.69, 9.17) is 9.47 Å². The predicted octanol–water partition coefficient (Wildman–Crippen LogP) is 8.57. The number of amidine groups is 1. The number of methoxy groups -OCH3 is 1. The topological polar surface area (TPSA) is 97.3 Å². The predicted molar refractivity (Wildman–Crippen MR) is 207 cm³/mol. The monoisotopic (exact) mass is 779 g/mol. The van der Waals surface area contributed by atoms with Gasteiger partial charge in [-0.1, -0.05) is 125 Å². The Balaban J connectivity index is 1.41. The first kappa shape index (κ1) is 37.7. The van der Waals surface area contributed by atoms with Crippen molar-refractivity contribution in [3.8, 4) is 11.5 Å². The molecule has 4 aromatic carbocycles. The van der Waals surface area contributed by atoms with Crippen LogP contribution in [-0.4, -0.2) is 40.7 Å². The SMILES string of the molecule is C=C/C=C\C(=C/C)N1C(=O)/C(=C/c2cc(OC)c(OCc3ccc(F)cc3)cc2Br)C(=O)N=C1SCC(=O)NC(c1ccccc1)c1ccccc1. The van der Waals surface area contributed by atoms with E-state index in [1.54, 1.807) is 55.5 Å². The van der Waals surface area contributed by atoms with Crippen LogP contribution in [0.2, 0.25) is 0 Å². The summed E-state index contributed by atoms with van der Waals surface area (Å²) in [5.74, 6) is -1.42. The zero-order valence-corrected chi connectivity index (χ0v) is 30.8. The molecule has 0 fully saturated rings. The van der Waals surface area contributed by atoms with Gasteiger partial charge in [0.2, 0.25) is 5.91 Å². The van der Waals surface area contributed by atoms with Crippen molar-refractivity contribution in [1.82, 2.24) is 10.2 Å². The largest absolute Gasteiger partial charge is 0.493 e. The van der Waals surface area contributed by atoms with Crippen molar-refractivity contribution in [1.29, 1.82) is 0 Å². The molecular weight excluding hydrogens is 745 g/mol. The molecule has 4 aromatic rings. The Hall–Kier alpha value is -5.52. The molecule has 11 heteroatoms. The maximum Gasteiger partial charge on any atom is 0.285 e. The van der Waals surface area contributed by atoms with Crippen LogP contribution in [0.5, 0.6) is 11.5 Å². The summed E-state index contributed by atoms with van der Waals surface area (Å²) >= 11 is 4.51. The zero-order chi connectivity index (χ0) is 37.0. The highest BCUT2D eigenvalue weighted by atomic mass is 79.9. The molecule has 0 spiro atoms. The van der Waals surface area contributed by atoms with Crippen LogP contribution in [0, 0.1) is 5.82 Å². The molecule has 0 aromatic heterocycles. The molecule has 1 heterocycles. The van der Waals surface area contributed by atoms with E-state index in [-0.39, 0.29) is 34.8 Å². The van der Waals surface area contributed by atoms with Gasteiger partial charge in [-0.15, -0.1) is 0 Å². The molecule has 5 rings (SSSR count). The molecule has 0 atom stereocenters. The normalized spacial score (nSPS) is 14.2. The second-order valence-corrected chi connectivity index (χ2v) is 13.1. The van der Waals surface area contributed by atoms with Crippen LogP contribution in [-0.2, 0) is 21.0 Å². The number of hydrogen-bond donors (Lipinski definition) is 1. The lowest BCUT2D eigenvalue weighted by atomic mass is 9.99. The van der Waals surface area contributed by atoms with Crippen molar-refractivity contribution in [3.63, 3.8) is 0 Å². The number of benzene rings is 4. The first-order valence-corrected chi connectivity index (χ1v) is 17.9. The molecule has 1 N–H and O–H groups in total. The quantitative estimate of drug-likeness (QED) is 0.0830. The third-order valence-electron chi connectivity index (χ3n) is 7.80. The highest BCUT2D eigenvalue weighted by Gasteiger charge is 2.35. The minimum Gasteiger partial charge on any atom is -0.493 e. The second kappa shape index (κ2) is 18.1. The number of ether oxygens (including phenoxy) is 2. The van der Waals surface area contributed by atoms with Crippen molar-refractivity contribution in [2.45, 2.75) is 19.6 Å². The molecule has 1 aliphatic heterocycles. The summed E-state index contributed by atoms with van der Waals surface area (Å²) in [6.45, 7) is 5.63. The Morgan fingerprint density at radius 2 is 1.65 bits per heavy atom. The van der Waals surface area contributed by atoms with Gasteiger partial charge in [0, 0.05) is 10.2 Å².